The van der Waals surface area contributed by atoms with Gasteiger partial charge in [0.05, 0.1) is 13.7 Å². The number of halogens is 3. The van der Waals surface area contributed by atoms with E-state index in [4.69, 9.17) is 10.5 Å². The molecule has 1 aliphatic carbocycles. The van der Waals surface area contributed by atoms with E-state index >= 15 is 0 Å². The highest BCUT2D eigenvalue weighted by Crippen LogP contribution is 2.31. The van der Waals surface area contributed by atoms with Gasteiger partial charge in [-0.25, -0.2) is 0 Å². The second-order valence-corrected chi connectivity index (χ2v) is 5.16. The first-order valence-electron chi connectivity index (χ1n) is 6.59. The lowest BCUT2D eigenvalue weighted by Gasteiger charge is -2.26. The average molecular weight is 288 g/mol. The maximum atomic E-state index is 12.5. The van der Waals surface area contributed by atoms with Gasteiger partial charge >= 0.3 is 6.18 Å². The highest BCUT2D eigenvalue weighted by atomic mass is 19.4. The molecule has 1 aromatic rings. The zero-order valence-electron chi connectivity index (χ0n) is 11.4. The van der Waals surface area contributed by atoms with Gasteiger partial charge in [-0.2, -0.15) is 13.2 Å². The summed E-state index contributed by atoms with van der Waals surface area (Å²) in [7, 11) is 1.56. The Balaban J connectivity index is 1.98. The van der Waals surface area contributed by atoms with Gasteiger partial charge in [0.2, 0.25) is 0 Å². The first kappa shape index (κ1) is 15.1. The Labute approximate surface area is 116 Å². The summed E-state index contributed by atoms with van der Waals surface area (Å²) in [5, 5.41) is 0. The van der Waals surface area contributed by atoms with Gasteiger partial charge in [0.25, 0.3) is 0 Å². The van der Waals surface area contributed by atoms with Crippen LogP contribution in [0.15, 0.2) is 24.3 Å². The van der Waals surface area contributed by atoms with E-state index in [0.29, 0.717) is 5.75 Å². The van der Waals surface area contributed by atoms with Gasteiger partial charge < -0.3 is 10.5 Å². The van der Waals surface area contributed by atoms with Crippen LogP contribution in [0.4, 0.5) is 13.2 Å². The number of rotatable bonds is 6. The molecule has 0 amide bonds. The van der Waals surface area contributed by atoms with Gasteiger partial charge in [0.15, 0.2) is 0 Å². The fourth-order valence-electron chi connectivity index (χ4n) is 2.22. The Hall–Kier alpha value is -1.27. The smallest absolute Gasteiger partial charge is 0.401 e. The van der Waals surface area contributed by atoms with Crippen LogP contribution in [0.3, 0.4) is 0 Å². The summed E-state index contributed by atoms with van der Waals surface area (Å²) in [6, 6.07) is 6.72. The molecule has 2 rings (SSSR count). The third-order valence-electron chi connectivity index (χ3n) is 3.42. The molecule has 0 bridgehead atoms. The van der Waals surface area contributed by atoms with Gasteiger partial charge in [0.1, 0.15) is 5.75 Å². The van der Waals surface area contributed by atoms with Crippen molar-refractivity contribution in [1.29, 1.82) is 0 Å². The van der Waals surface area contributed by atoms with E-state index in [9.17, 15) is 13.2 Å². The molecule has 1 saturated carbocycles. The molecule has 0 spiro atoms. The minimum Gasteiger partial charge on any atom is -0.497 e. The Morgan fingerprint density at radius 1 is 1.30 bits per heavy atom. The SMILES string of the molecule is COc1ccc(C(N)CN(CC(F)(F)F)C2CC2)cc1. The van der Waals surface area contributed by atoms with E-state index < -0.39 is 18.8 Å². The molecular weight excluding hydrogens is 269 g/mol. The second kappa shape index (κ2) is 6.01. The first-order valence-corrected chi connectivity index (χ1v) is 6.59. The third-order valence-corrected chi connectivity index (χ3v) is 3.42. The summed E-state index contributed by atoms with van der Waals surface area (Å²) >= 11 is 0. The van der Waals surface area contributed by atoms with Crippen LogP contribution >= 0.6 is 0 Å². The lowest BCUT2D eigenvalue weighted by atomic mass is 10.1. The highest BCUT2D eigenvalue weighted by molar-refractivity contribution is 5.29. The first-order chi connectivity index (χ1) is 9.39. The summed E-state index contributed by atoms with van der Waals surface area (Å²) in [4.78, 5) is 1.44. The maximum Gasteiger partial charge on any atom is 0.401 e. The molecule has 0 heterocycles. The predicted molar refractivity (Wildman–Crippen MR) is 70.6 cm³/mol. The van der Waals surface area contributed by atoms with Gasteiger partial charge in [-0.05, 0) is 30.5 Å². The average Bonchev–Trinajstić information content (AvgIpc) is 3.20. The number of hydrogen-bond donors (Lipinski definition) is 1. The lowest BCUT2D eigenvalue weighted by molar-refractivity contribution is -0.147. The summed E-state index contributed by atoms with van der Waals surface area (Å²) in [6.45, 7) is -0.669. The summed E-state index contributed by atoms with van der Waals surface area (Å²) in [5.74, 6) is 0.704. The monoisotopic (exact) mass is 288 g/mol. The van der Waals surface area contributed by atoms with Crippen LogP contribution < -0.4 is 10.5 Å². The van der Waals surface area contributed by atoms with Crippen molar-refractivity contribution >= 4 is 0 Å². The number of ether oxygens (including phenoxy) is 1. The summed E-state index contributed by atoms with van der Waals surface area (Å²) in [5.41, 5.74) is 6.84. The molecule has 6 heteroatoms. The van der Waals surface area contributed by atoms with Crippen LogP contribution in [-0.4, -0.2) is 37.3 Å². The number of methoxy groups -OCH3 is 1. The van der Waals surface area contributed by atoms with E-state index in [2.05, 4.69) is 0 Å². The van der Waals surface area contributed by atoms with Gasteiger partial charge in [-0.15, -0.1) is 0 Å². The van der Waals surface area contributed by atoms with Crippen molar-refractivity contribution in [1.82, 2.24) is 4.90 Å². The molecule has 1 aromatic carbocycles. The topological polar surface area (TPSA) is 38.5 Å². The fourth-order valence-corrected chi connectivity index (χ4v) is 2.22. The third kappa shape index (κ3) is 4.38. The zero-order valence-corrected chi connectivity index (χ0v) is 11.4. The Morgan fingerprint density at radius 2 is 1.90 bits per heavy atom. The van der Waals surface area contributed by atoms with Crippen LogP contribution in [0.5, 0.6) is 5.75 Å². The molecule has 1 fully saturated rings. The van der Waals surface area contributed by atoms with Gasteiger partial charge in [0, 0.05) is 18.6 Å². The maximum absolute atomic E-state index is 12.5. The molecule has 112 valence electrons. The van der Waals surface area contributed by atoms with Crippen LogP contribution in [0.2, 0.25) is 0 Å². The fraction of sp³-hybridized carbons (Fsp3) is 0.571. The van der Waals surface area contributed by atoms with Crippen molar-refractivity contribution in [2.45, 2.75) is 31.1 Å². The Morgan fingerprint density at radius 3 is 2.35 bits per heavy atom. The van der Waals surface area contributed by atoms with Crippen molar-refractivity contribution in [3.63, 3.8) is 0 Å². The molecule has 20 heavy (non-hydrogen) atoms. The van der Waals surface area contributed by atoms with E-state index in [1.54, 1.807) is 31.4 Å². The summed E-state index contributed by atoms with van der Waals surface area (Å²) in [6.07, 6.45) is -2.53. The van der Waals surface area contributed by atoms with Crippen molar-refractivity contribution < 1.29 is 17.9 Å². The molecule has 0 aromatic heterocycles. The van der Waals surface area contributed by atoms with Crippen LogP contribution in [0.1, 0.15) is 24.4 Å². The lowest BCUT2D eigenvalue weighted by Crippen LogP contribution is -2.40. The van der Waals surface area contributed by atoms with Crippen molar-refractivity contribution in [2.75, 3.05) is 20.2 Å². The minimum absolute atomic E-state index is 0.0286. The largest absolute Gasteiger partial charge is 0.497 e. The van der Waals surface area contributed by atoms with Crippen LogP contribution in [0, 0.1) is 0 Å². The van der Waals surface area contributed by atoms with E-state index in [-0.39, 0.29) is 12.6 Å². The Kier molecular flexibility index (Phi) is 4.55. The predicted octanol–water partition coefficient (Wildman–Crippen LogP) is 2.72. The molecule has 3 nitrogen and oxygen atoms in total. The molecule has 1 aliphatic rings. The molecule has 0 aliphatic heterocycles. The minimum atomic E-state index is -4.18. The van der Waals surface area contributed by atoms with Gasteiger partial charge in [-0.1, -0.05) is 12.1 Å². The number of hydrogen-bond acceptors (Lipinski definition) is 3. The Bertz CT molecular complexity index is 429. The molecule has 1 atom stereocenters. The number of benzene rings is 1. The standard InChI is InChI=1S/C14H19F3N2O/c1-20-12-6-2-10(3-7-12)13(18)8-19(11-4-5-11)9-14(15,16)17/h2-3,6-7,11,13H,4-5,8-9,18H2,1H3. The highest BCUT2D eigenvalue weighted by Gasteiger charge is 2.38. The van der Waals surface area contributed by atoms with Gasteiger partial charge in [-0.3, -0.25) is 4.90 Å². The van der Waals surface area contributed by atoms with Crippen LogP contribution in [0.25, 0.3) is 0 Å². The van der Waals surface area contributed by atoms with Crippen molar-refractivity contribution in [2.24, 2.45) is 5.73 Å². The molecule has 1 unspecified atom stereocenters. The molecule has 0 radical (unpaired) electrons. The van der Waals surface area contributed by atoms with Crippen LogP contribution in [-0.2, 0) is 0 Å². The number of nitrogens with zero attached hydrogens (tertiary/aromatic N) is 1. The summed E-state index contributed by atoms with van der Waals surface area (Å²) < 4.78 is 42.7. The number of alkyl halides is 3. The van der Waals surface area contributed by atoms with E-state index in [1.807, 2.05) is 0 Å². The number of nitrogens with two attached hydrogens (primary N) is 1. The normalized spacial score (nSPS) is 17.3. The molecular formula is C14H19F3N2O. The van der Waals surface area contributed by atoms with E-state index in [1.165, 1.54) is 4.90 Å². The quantitative estimate of drug-likeness (QED) is 0.874. The molecule has 0 saturated heterocycles. The second-order valence-electron chi connectivity index (χ2n) is 5.16. The van der Waals surface area contributed by atoms with Crippen molar-refractivity contribution in [3.05, 3.63) is 29.8 Å². The molecule has 2 N–H and O–H groups in total. The van der Waals surface area contributed by atoms with E-state index in [0.717, 1.165) is 18.4 Å². The zero-order chi connectivity index (χ0) is 14.8. The van der Waals surface area contributed by atoms with Crippen molar-refractivity contribution in [3.8, 4) is 5.75 Å².